The van der Waals surface area contributed by atoms with E-state index in [2.05, 4.69) is 0 Å². The van der Waals surface area contributed by atoms with Crippen LogP contribution < -0.4 is 4.74 Å². The van der Waals surface area contributed by atoms with Crippen molar-refractivity contribution in [3.63, 3.8) is 0 Å². The predicted molar refractivity (Wildman–Crippen MR) is 104 cm³/mol. The maximum absolute atomic E-state index is 13.1. The fraction of sp³-hybridized carbons (Fsp3) is 0.429. The van der Waals surface area contributed by atoms with E-state index in [0.29, 0.717) is 30.3 Å². The highest BCUT2D eigenvalue weighted by Crippen LogP contribution is 2.59. The van der Waals surface area contributed by atoms with Crippen molar-refractivity contribution in [2.75, 3.05) is 19.7 Å². The lowest BCUT2D eigenvalue weighted by Crippen LogP contribution is -2.39. The number of carboxylic acid groups (broad SMARTS) is 1. The van der Waals surface area contributed by atoms with E-state index in [4.69, 9.17) is 4.74 Å². The Morgan fingerprint density at radius 1 is 1.26 bits per heavy atom. The Labute approximate surface area is 162 Å². The number of aliphatic carboxylic acids is 1. The molecule has 2 fully saturated rings. The summed E-state index contributed by atoms with van der Waals surface area (Å²) in [5.74, 6) is -0.284. The molecule has 1 saturated heterocycles. The van der Waals surface area contributed by atoms with Gasteiger partial charge in [0.05, 0.1) is 12.5 Å². The number of thiophene rings is 1. The van der Waals surface area contributed by atoms with Crippen LogP contribution in [0.25, 0.3) is 10.4 Å². The first-order valence-corrected chi connectivity index (χ1v) is 10.2. The lowest BCUT2D eigenvalue weighted by molar-refractivity contribution is -0.139. The summed E-state index contributed by atoms with van der Waals surface area (Å²) in [5.41, 5.74) is 0.998. The number of ether oxygens (including phenoxy) is 1. The van der Waals surface area contributed by atoms with E-state index in [0.717, 1.165) is 29.7 Å². The van der Waals surface area contributed by atoms with Gasteiger partial charge in [-0.15, -0.1) is 11.3 Å². The summed E-state index contributed by atoms with van der Waals surface area (Å²) in [4.78, 5) is 27.9. The largest absolute Gasteiger partial charge is 0.492 e. The third-order valence-corrected chi connectivity index (χ3v) is 6.94. The van der Waals surface area contributed by atoms with Gasteiger partial charge in [-0.1, -0.05) is 30.3 Å². The van der Waals surface area contributed by atoms with Crippen LogP contribution in [0.4, 0.5) is 0 Å². The second kappa shape index (κ2) is 7.00. The van der Waals surface area contributed by atoms with Crippen molar-refractivity contribution in [1.29, 1.82) is 0 Å². The number of benzene rings is 1. The zero-order chi connectivity index (χ0) is 19.0. The smallest absolute Gasteiger partial charge is 0.307 e. The lowest BCUT2D eigenvalue weighted by atomic mass is 9.90. The first-order chi connectivity index (χ1) is 13.0. The SMILES string of the molecule is CCOc1cc(-c2ccccc2)sc1C(=O)N1CCC2(CC1)CC2C(=O)O. The van der Waals surface area contributed by atoms with Crippen LogP contribution in [0.5, 0.6) is 5.75 Å². The van der Waals surface area contributed by atoms with Gasteiger partial charge >= 0.3 is 5.97 Å². The summed E-state index contributed by atoms with van der Waals surface area (Å²) >= 11 is 1.46. The van der Waals surface area contributed by atoms with E-state index < -0.39 is 5.97 Å². The molecule has 27 heavy (non-hydrogen) atoms. The minimum absolute atomic E-state index is 0.00648. The number of amides is 1. The van der Waals surface area contributed by atoms with Crippen LogP contribution >= 0.6 is 11.3 Å². The molecule has 1 aliphatic heterocycles. The van der Waals surface area contributed by atoms with Gasteiger partial charge in [0, 0.05) is 18.0 Å². The van der Waals surface area contributed by atoms with Gasteiger partial charge < -0.3 is 14.7 Å². The minimum Gasteiger partial charge on any atom is -0.492 e. The monoisotopic (exact) mass is 385 g/mol. The van der Waals surface area contributed by atoms with Gasteiger partial charge in [0.2, 0.25) is 0 Å². The number of hydrogen-bond acceptors (Lipinski definition) is 4. The first-order valence-electron chi connectivity index (χ1n) is 9.38. The number of piperidine rings is 1. The number of rotatable bonds is 5. The molecular formula is C21H23NO4S. The Bertz CT molecular complexity index is 852. The van der Waals surface area contributed by atoms with Gasteiger partial charge in [0.15, 0.2) is 0 Å². The molecule has 1 spiro atoms. The molecule has 1 saturated carbocycles. The minimum atomic E-state index is -0.695. The molecule has 5 nitrogen and oxygen atoms in total. The first kappa shape index (κ1) is 18.0. The molecule has 1 aliphatic carbocycles. The quantitative estimate of drug-likeness (QED) is 0.840. The van der Waals surface area contributed by atoms with Gasteiger partial charge in [0.25, 0.3) is 5.91 Å². The van der Waals surface area contributed by atoms with Crippen LogP contribution in [0, 0.1) is 11.3 Å². The molecule has 2 aromatic rings. The van der Waals surface area contributed by atoms with Crippen LogP contribution in [0.3, 0.4) is 0 Å². The molecule has 142 valence electrons. The number of carboxylic acids is 1. The Hall–Kier alpha value is -2.34. The molecule has 1 aromatic heterocycles. The van der Waals surface area contributed by atoms with Crippen LogP contribution in [0.15, 0.2) is 36.4 Å². The zero-order valence-electron chi connectivity index (χ0n) is 15.3. The third kappa shape index (κ3) is 3.34. The predicted octanol–water partition coefficient (Wildman–Crippen LogP) is 4.14. The van der Waals surface area contributed by atoms with Crippen LogP contribution in [0.1, 0.15) is 35.9 Å². The second-order valence-electron chi connectivity index (χ2n) is 7.35. The second-order valence-corrected chi connectivity index (χ2v) is 8.40. The van der Waals surface area contributed by atoms with Crippen molar-refractivity contribution < 1.29 is 19.4 Å². The summed E-state index contributed by atoms with van der Waals surface area (Å²) in [6.45, 7) is 3.66. The van der Waals surface area contributed by atoms with Crippen molar-refractivity contribution in [1.82, 2.24) is 4.90 Å². The van der Waals surface area contributed by atoms with E-state index in [-0.39, 0.29) is 17.2 Å². The summed E-state index contributed by atoms with van der Waals surface area (Å²) < 4.78 is 5.74. The highest BCUT2D eigenvalue weighted by molar-refractivity contribution is 7.17. The number of nitrogens with zero attached hydrogens (tertiary/aromatic N) is 1. The normalized spacial score (nSPS) is 20.5. The van der Waals surface area contributed by atoms with Crippen molar-refractivity contribution >= 4 is 23.2 Å². The number of likely N-dealkylation sites (tertiary alicyclic amines) is 1. The van der Waals surface area contributed by atoms with E-state index in [1.54, 1.807) is 0 Å². The molecule has 0 radical (unpaired) electrons. The third-order valence-electron chi connectivity index (χ3n) is 5.78. The van der Waals surface area contributed by atoms with E-state index in [1.165, 1.54) is 11.3 Å². The number of carbonyl (C=O) groups excluding carboxylic acids is 1. The van der Waals surface area contributed by atoms with Crippen molar-refractivity contribution in [3.05, 3.63) is 41.3 Å². The zero-order valence-corrected chi connectivity index (χ0v) is 16.1. The molecule has 2 aliphatic rings. The molecule has 0 bridgehead atoms. The Balaban J connectivity index is 1.52. The van der Waals surface area contributed by atoms with Crippen molar-refractivity contribution in [2.45, 2.75) is 26.2 Å². The molecule has 4 rings (SSSR count). The molecule has 2 heterocycles. The fourth-order valence-corrected chi connectivity index (χ4v) is 5.15. The lowest BCUT2D eigenvalue weighted by Gasteiger charge is -2.32. The van der Waals surface area contributed by atoms with Crippen LogP contribution in [0.2, 0.25) is 0 Å². The van der Waals surface area contributed by atoms with Crippen LogP contribution in [-0.4, -0.2) is 41.6 Å². The van der Waals surface area contributed by atoms with Gasteiger partial charge in [-0.25, -0.2) is 0 Å². The topological polar surface area (TPSA) is 66.8 Å². The molecule has 1 aromatic carbocycles. The molecule has 1 N–H and O–H groups in total. The Kier molecular flexibility index (Phi) is 4.68. The van der Waals surface area contributed by atoms with E-state index >= 15 is 0 Å². The molecule has 6 heteroatoms. The summed E-state index contributed by atoms with van der Waals surface area (Å²) in [6.07, 6.45) is 2.30. The van der Waals surface area contributed by atoms with Gasteiger partial charge in [-0.3, -0.25) is 9.59 Å². The Morgan fingerprint density at radius 3 is 2.56 bits per heavy atom. The van der Waals surface area contributed by atoms with Gasteiger partial charge in [-0.2, -0.15) is 0 Å². The highest BCUT2D eigenvalue weighted by atomic mass is 32.1. The highest BCUT2D eigenvalue weighted by Gasteiger charge is 2.59. The summed E-state index contributed by atoms with van der Waals surface area (Å²) in [7, 11) is 0. The maximum atomic E-state index is 13.1. The maximum Gasteiger partial charge on any atom is 0.307 e. The average Bonchev–Trinajstić information content (AvgIpc) is 3.22. The van der Waals surface area contributed by atoms with Crippen molar-refractivity contribution in [2.24, 2.45) is 11.3 Å². The molecule has 1 atom stereocenters. The fourth-order valence-electron chi connectivity index (χ4n) is 4.08. The summed E-state index contributed by atoms with van der Waals surface area (Å²) in [5, 5.41) is 9.23. The standard InChI is InChI=1S/C21H23NO4S/c1-2-26-16-12-17(14-6-4-3-5-7-14)27-18(16)19(23)22-10-8-21(9-11-22)13-15(21)20(24)25/h3-7,12,15H,2,8-11,13H2,1H3,(H,24,25). The molecule has 1 unspecified atom stereocenters. The molecule has 1 amide bonds. The molecular weight excluding hydrogens is 362 g/mol. The Morgan fingerprint density at radius 2 is 1.96 bits per heavy atom. The van der Waals surface area contributed by atoms with Crippen molar-refractivity contribution in [3.8, 4) is 16.2 Å². The van der Waals surface area contributed by atoms with Crippen LogP contribution in [-0.2, 0) is 4.79 Å². The van der Waals surface area contributed by atoms with E-state index in [9.17, 15) is 14.7 Å². The van der Waals surface area contributed by atoms with Gasteiger partial charge in [0.1, 0.15) is 10.6 Å². The van der Waals surface area contributed by atoms with Gasteiger partial charge in [-0.05, 0) is 43.2 Å². The summed E-state index contributed by atoms with van der Waals surface area (Å²) in [6, 6.07) is 11.9. The van der Waals surface area contributed by atoms with E-state index in [1.807, 2.05) is 48.2 Å². The average molecular weight is 385 g/mol. The number of carbonyl (C=O) groups is 2. The number of hydrogen-bond donors (Lipinski definition) is 1.